The molecule has 0 unspecified atom stereocenters. The predicted molar refractivity (Wildman–Crippen MR) is 90.6 cm³/mol. The molecule has 0 saturated heterocycles. The highest BCUT2D eigenvalue weighted by Gasteiger charge is 2.15. The quantitative estimate of drug-likeness (QED) is 0.923. The van der Waals surface area contributed by atoms with E-state index in [1.807, 2.05) is 45.0 Å². The first-order valence-electron chi connectivity index (χ1n) is 7.67. The van der Waals surface area contributed by atoms with E-state index in [1.165, 1.54) is 12.4 Å². The highest BCUT2D eigenvalue weighted by Crippen LogP contribution is 2.13. The third-order valence-corrected chi connectivity index (χ3v) is 3.57. The number of pyridine rings is 1. The van der Waals surface area contributed by atoms with Crippen LogP contribution in [0.2, 0.25) is 0 Å². The lowest BCUT2D eigenvalue weighted by molar-refractivity contribution is 0.0772. The van der Waals surface area contributed by atoms with Gasteiger partial charge >= 0.3 is 0 Å². The number of rotatable bonds is 5. The van der Waals surface area contributed by atoms with Gasteiger partial charge in [-0.1, -0.05) is 12.1 Å². The number of hydrogen-bond acceptors (Lipinski definition) is 3. The van der Waals surface area contributed by atoms with Crippen LogP contribution >= 0.6 is 0 Å². The molecule has 0 saturated carbocycles. The molecule has 2 aromatic rings. The van der Waals surface area contributed by atoms with Crippen LogP contribution in [-0.4, -0.2) is 34.8 Å². The summed E-state index contributed by atoms with van der Waals surface area (Å²) in [4.78, 5) is 30.4. The maximum atomic E-state index is 12.3. The summed E-state index contributed by atoms with van der Waals surface area (Å²) in [6.45, 7) is 7.04. The average Bonchev–Trinajstić information content (AvgIpc) is 2.56. The van der Waals surface area contributed by atoms with Crippen molar-refractivity contribution in [2.24, 2.45) is 0 Å². The van der Waals surface area contributed by atoms with Gasteiger partial charge in [0.2, 0.25) is 0 Å². The molecule has 0 fully saturated rings. The van der Waals surface area contributed by atoms with Crippen molar-refractivity contribution >= 4 is 17.5 Å². The van der Waals surface area contributed by atoms with E-state index in [9.17, 15) is 9.59 Å². The van der Waals surface area contributed by atoms with Crippen molar-refractivity contribution in [3.8, 4) is 0 Å². The lowest BCUT2D eigenvalue weighted by Crippen LogP contribution is -2.30. The summed E-state index contributed by atoms with van der Waals surface area (Å²) in [5.74, 6) is -0.398. The number of aromatic nitrogens is 1. The van der Waals surface area contributed by atoms with Gasteiger partial charge in [-0.05, 0) is 44.5 Å². The number of nitrogens with zero attached hydrogens (tertiary/aromatic N) is 2. The highest BCUT2D eigenvalue weighted by atomic mass is 16.2. The monoisotopic (exact) mass is 311 g/mol. The van der Waals surface area contributed by atoms with E-state index in [4.69, 9.17) is 0 Å². The second-order valence-electron chi connectivity index (χ2n) is 5.26. The number of anilines is 1. The minimum Gasteiger partial charge on any atom is -0.339 e. The molecule has 0 aliphatic rings. The van der Waals surface area contributed by atoms with E-state index >= 15 is 0 Å². The zero-order chi connectivity index (χ0) is 16.8. The molecule has 5 heteroatoms. The van der Waals surface area contributed by atoms with Gasteiger partial charge in [-0.15, -0.1) is 0 Å². The van der Waals surface area contributed by atoms with E-state index < -0.39 is 0 Å². The third-order valence-electron chi connectivity index (χ3n) is 3.57. The zero-order valence-electron chi connectivity index (χ0n) is 13.7. The van der Waals surface area contributed by atoms with Crippen molar-refractivity contribution in [2.75, 3.05) is 18.4 Å². The largest absolute Gasteiger partial charge is 0.339 e. The Morgan fingerprint density at radius 2 is 1.78 bits per heavy atom. The Morgan fingerprint density at radius 1 is 1.09 bits per heavy atom. The van der Waals surface area contributed by atoms with Gasteiger partial charge < -0.3 is 10.2 Å². The topological polar surface area (TPSA) is 62.3 Å². The Labute approximate surface area is 136 Å². The molecule has 2 amide bonds. The first-order chi connectivity index (χ1) is 11.0. The second kappa shape index (κ2) is 7.54. The number of nitrogens with one attached hydrogen (secondary N) is 1. The summed E-state index contributed by atoms with van der Waals surface area (Å²) >= 11 is 0. The normalized spacial score (nSPS) is 10.2. The molecule has 120 valence electrons. The molecular formula is C18H21N3O2. The van der Waals surface area contributed by atoms with E-state index in [2.05, 4.69) is 10.3 Å². The van der Waals surface area contributed by atoms with Crippen LogP contribution in [0.5, 0.6) is 0 Å². The minimum atomic E-state index is -0.280. The number of carbonyl (C=O) groups is 2. The van der Waals surface area contributed by atoms with E-state index in [-0.39, 0.29) is 11.8 Å². The molecule has 0 aliphatic heterocycles. The third kappa shape index (κ3) is 4.16. The molecule has 1 heterocycles. The molecule has 1 aromatic heterocycles. The van der Waals surface area contributed by atoms with Crippen LogP contribution in [0.25, 0.3) is 0 Å². The Bertz CT molecular complexity index is 709. The Hall–Kier alpha value is -2.69. The lowest BCUT2D eigenvalue weighted by Gasteiger charge is -2.18. The van der Waals surface area contributed by atoms with Gasteiger partial charge in [0.1, 0.15) is 0 Å². The first-order valence-corrected chi connectivity index (χ1v) is 7.67. The fraction of sp³-hybridized carbons (Fsp3) is 0.278. The lowest BCUT2D eigenvalue weighted by atomic mass is 10.1. The van der Waals surface area contributed by atoms with E-state index in [1.54, 1.807) is 11.0 Å². The van der Waals surface area contributed by atoms with Crippen molar-refractivity contribution in [1.29, 1.82) is 0 Å². The van der Waals surface area contributed by atoms with Crippen molar-refractivity contribution in [2.45, 2.75) is 20.8 Å². The number of carbonyl (C=O) groups excluding carboxylic acids is 2. The van der Waals surface area contributed by atoms with Crippen LogP contribution in [0, 0.1) is 6.92 Å². The van der Waals surface area contributed by atoms with Crippen LogP contribution in [-0.2, 0) is 0 Å². The Morgan fingerprint density at radius 3 is 2.43 bits per heavy atom. The fourth-order valence-corrected chi connectivity index (χ4v) is 2.30. The molecule has 5 nitrogen and oxygen atoms in total. The van der Waals surface area contributed by atoms with Crippen LogP contribution in [0.15, 0.2) is 42.7 Å². The molecule has 0 bridgehead atoms. The summed E-state index contributed by atoms with van der Waals surface area (Å²) in [6, 6.07) is 9.13. The number of hydrogen-bond donors (Lipinski definition) is 1. The maximum Gasteiger partial charge on any atom is 0.257 e. The SMILES string of the molecule is CCN(CC)C(=O)c1cncc(C(=O)Nc2cccc(C)c2)c1. The summed E-state index contributed by atoms with van der Waals surface area (Å²) < 4.78 is 0. The minimum absolute atomic E-state index is 0.118. The zero-order valence-corrected chi connectivity index (χ0v) is 13.7. The smallest absolute Gasteiger partial charge is 0.257 e. The van der Waals surface area contributed by atoms with Gasteiger partial charge in [0.15, 0.2) is 0 Å². The van der Waals surface area contributed by atoms with Crippen LogP contribution in [0.1, 0.15) is 40.1 Å². The first kappa shape index (κ1) is 16.7. The number of benzene rings is 1. The molecule has 0 spiro atoms. The van der Waals surface area contributed by atoms with Gasteiger partial charge in [0.05, 0.1) is 11.1 Å². The number of amides is 2. The summed E-state index contributed by atoms with van der Waals surface area (Å²) in [5, 5.41) is 2.82. The highest BCUT2D eigenvalue weighted by molar-refractivity contribution is 6.05. The van der Waals surface area contributed by atoms with Crippen molar-refractivity contribution in [3.05, 3.63) is 59.4 Å². The average molecular weight is 311 g/mol. The second-order valence-corrected chi connectivity index (χ2v) is 5.26. The van der Waals surface area contributed by atoms with Gasteiger partial charge in [0.25, 0.3) is 11.8 Å². The van der Waals surface area contributed by atoms with E-state index in [0.29, 0.717) is 24.2 Å². The van der Waals surface area contributed by atoms with Crippen LogP contribution in [0.3, 0.4) is 0 Å². The van der Waals surface area contributed by atoms with Gasteiger partial charge in [0, 0.05) is 31.2 Å². The molecule has 0 aliphatic carbocycles. The molecule has 1 aromatic carbocycles. The Balaban J connectivity index is 2.19. The molecule has 1 N–H and O–H groups in total. The molecule has 23 heavy (non-hydrogen) atoms. The van der Waals surface area contributed by atoms with Gasteiger partial charge in [-0.3, -0.25) is 14.6 Å². The summed E-state index contributed by atoms with van der Waals surface area (Å²) in [5.41, 5.74) is 2.57. The van der Waals surface area contributed by atoms with Crippen molar-refractivity contribution in [3.63, 3.8) is 0 Å². The summed E-state index contributed by atoms with van der Waals surface area (Å²) in [6.07, 6.45) is 2.95. The van der Waals surface area contributed by atoms with Gasteiger partial charge in [-0.2, -0.15) is 0 Å². The summed E-state index contributed by atoms with van der Waals surface area (Å²) in [7, 11) is 0. The molecule has 0 radical (unpaired) electrons. The van der Waals surface area contributed by atoms with Crippen molar-refractivity contribution < 1.29 is 9.59 Å². The van der Waals surface area contributed by atoms with Crippen LogP contribution in [0.4, 0.5) is 5.69 Å². The maximum absolute atomic E-state index is 12.3. The molecular weight excluding hydrogens is 290 g/mol. The van der Waals surface area contributed by atoms with Crippen LogP contribution < -0.4 is 5.32 Å². The standard InChI is InChI=1S/C18H21N3O2/c1-4-21(5-2)18(23)15-10-14(11-19-12-15)17(22)20-16-8-6-7-13(3)9-16/h6-12H,4-5H2,1-3H3,(H,20,22). The fourth-order valence-electron chi connectivity index (χ4n) is 2.30. The molecule has 0 atom stereocenters. The molecule has 2 rings (SSSR count). The van der Waals surface area contributed by atoms with Crippen molar-refractivity contribution in [1.82, 2.24) is 9.88 Å². The van der Waals surface area contributed by atoms with Gasteiger partial charge in [-0.25, -0.2) is 0 Å². The van der Waals surface area contributed by atoms with E-state index in [0.717, 1.165) is 11.3 Å². The predicted octanol–water partition coefficient (Wildman–Crippen LogP) is 3.12. The number of aryl methyl sites for hydroxylation is 1. The Kier molecular flexibility index (Phi) is 5.46.